The summed E-state index contributed by atoms with van der Waals surface area (Å²) in [5.74, 6) is 0.741. The first-order valence-corrected chi connectivity index (χ1v) is 11.2. The highest BCUT2D eigenvalue weighted by molar-refractivity contribution is 7.92. The van der Waals surface area contributed by atoms with E-state index in [1.54, 1.807) is 42.5 Å². The van der Waals surface area contributed by atoms with Crippen molar-refractivity contribution in [2.24, 2.45) is 0 Å². The smallest absolute Gasteiger partial charge is 0.265 e. The fourth-order valence-electron chi connectivity index (χ4n) is 2.75. The number of rotatable bonds is 5. The Bertz CT molecular complexity index is 1110. The summed E-state index contributed by atoms with van der Waals surface area (Å²) in [5, 5.41) is 4.60. The molecular weight excluding hydrogens is 412 g/mol. The number of nitrogens with one attached hydrogen (secondary N) is 2. The van der Waals surface area contributed by atoms with E-state index in [0.29, 0.717) is 41.0 Å². The van der Waals surface area contributed by atoms with E-state index in [4.69, 9.17) is 9.47 Å². The van der Waals surface area contributed by atoms with Crippen LogP contribution in [-0.4, -0.2) is 27.5 Å². The number of fused-ring (bicyclic) bond motifs is 1. The van der Waals surface area contributed by atoms with Crippen LogP contribution in [0.4, 0.5) is 11.4 Å². The molecule has 0 spiro atoms. The van der Waals surface area contributed by atoms with Crippen molar-refractivity contribution in [1.29, 1.82) is 0 Å². The van der Waals surface area contributed by atoms with Gasteiger partial charge in [0.25, 0.3) is 15.9 Å². The second-order valence-corrected chi connectivity index (χ2v) is 8.90. The second-order valence-electron chi connectivity index (χ2n) is 6.27. The average molecular weight is 431 g/mol. The van der Waals surface area contributed by atoms with Crippen LogP contribution in [0.1, 0.15) is 16.1 Å². The van der Waals surface area contributed by atoms with Crippen LogP contribution in [0.15, 0.2) is 64.9 Å². The van der Waals surface area contributed by atoms with Crippen LogP contribution in [0.5, 0.6) is 11.5 Å². The van der Waals surface area contributed by atoms with Crippen molar-refractivity contribution in [1.82, 2.24) is 0 Å². The molecule has 150 valence electrons. The van der Waals surface area contributed by atoms with E-state index >= 15 is 0 Å². The topological polar surface area (TPSA) is 93.7 Å². The number of amides is 1. The molecule has 4 rings (SSSR count). The molecule has 0 aliphatic carbocycles. The molecule has 2 N–H and O–H groups in total. The zero-order valence-electron chi connectivity index (χ0n) is 15.3. The third-order valence-corrected chi connectivity index (χ3v) is 6.42. The maximum atomic E-state index is 12.7. The highest BCUT2D eigenvalue weighted by Crippen LogP contribution is 2.32. The first-order chi connectivity index (χ1) is 14.0. The van der Waals surface area contributed by atoms with Crippen molar-refractivity contribution in [3.8, 4) is 11.5 Å². The van der Waals surface area contributed by atoms with E-state index in [2.05, 4.69) is 10.0 Å². The maximum Gasteiger partial charge on any atom is 0.265 e. The highest BCUT2D eigenvalue weighted by Gasteiger charge is 2.19. The molecule has 0 saturated carbocycles. The SMILES string of the molecule is O=C(Nc1ccc(NS(=O)(=O)c2ccc3c(c2)OCCCO3)cc1)c1cccs1. The molecule has 29 heavy (non-hydrogen) atoms. The number of carbonyl (C=O) groups is 1. The minimum Gasteiger partial charge on any atom is -0.490 e. The van der Waals surface area contributed by atoms with E-state index in [-0.39, 0.29) is 10.8 Å². The van der Waals surface area contributed by atoms with E-state index in [1.807, 2.05) is 5.38 Å². The molecule has 1 amide bonds. The largest absolute Gasteiger partial charge is 0.490 e. The Kier molecular flexibility index (Phi) is 5.41. The summed E-state index contributed by atoms with van der Waals surface area (Å²) >= 11 is 1.35. The summed E-state index contributed by atoms with van der Waals surface area (Å²) in [4.78, 5) is 12.8. The Morgan fingerprint density at radius 3 is 2.38 bits per heavy atom. The molecule has 2 aromatic carbocycles. The van der Waals surface area contributed by atoms with Crippen LogP contribution in [0, 0.1) is 0 Å². The fraction of sp³-hybridized carbons (Fsp3) is 0.150. The van der Waals surface area contributed by atoms with Crippen molar-refractivity contribution < 1.29 is 22.7 Å². The van der Waals surface area contributed by atoms with Crippen LogP contribution in [0.3, 0.4) is 0 Å². The van der Waals surface area contributed by atoms with Crippen molar-refractivity contribution in [2.75, 3.05) is 23.3 Å². The van der Waals surface area contributed by atoms with Crippen molar-refractivity contribution in [3.05, 3.63) is 64.9 Å². The predicted octanol–water partition coefficient (Wildman–Crippen LogP) is 3.96. The zero-order valence-corrected chi connectivity index (χ0v) is 16.9. The van der Waals surface area contributed by atoms with Crippen molar-refractivity contribution in [3.63, 3.8) is 0 Å². The predicted molar refractivity (Wildman–Crippen MR) is 112 cm³/mol. The number of hydrogen-bond donors (Lipinski definition) is 2. The molecule has 7 nitrogen and oxygen atoms in total. The van der Waals surface area contributed by atoms with Gasteiger partial charge in [-0.2, -0.15) is 0 Å². The van der Waals surface area contributed by atoms with E-state index < -0.39 is 10.0 Å². The highest BCUT2D eigenvalue weighted by atomic mass is 32.2. The van der Waals surface area contributed by atoms with Crippen LogP contribution >= 0.6 is 11.3 Å². The molecule has 9 heteroatoms. The summed E-state index contributed by atoms with van der Waals surface area (Å²) < 4.78 is 39.1. The molecule has 0 atom stereocenters. The van der Waals surface area contributed by atoms with E-state index in [0.717, 1.165) is 6.42 Å². The normalized spacial score (nSPS) is 13.4. The Morgan fingerprint density at radius 1 is 0.931 bits per heavy atom. The van der Waals surface area contributed by atoms with Gasteiger partial charge < -0.3 is 14.8 Å². The fourth-order valence-corrected chi connectivity index (χ4v) is 4.44. The number of benzene rings is 2. The Morgan fingerprint density at radius 2 is 1.66 bits per heavy atom. The van der Waals surface area contributed by atoms with Gasteiger partial charge in [0.1, 0.15) is 0 Å². The molecule has 1 aliphatic heterocycles. The number of anilines is 2. The van der Waals surface area contributed by atoms with Crippen LogP contribution in [-0.2, 0) is 10.0 Å². The second kappa shape index (κ2) is 8.14. The van der Waals surface area contributed by atoms with Crippen molar-refractivity contribution >= 4 is 38.6 Å². The number of carbonyl (C=O) groups excluding carboxylic acids is 1. The third kappa shape index (κ3) is 4.52. The quantitative estimate of drug-likeness (QED) is 0.639. The monoisotopic (exact) mass is 430 g/mol. The molecule has 3 aromatic rings. The van der Waals surface area contributed by atoms with Gasteiger partial charge in [-0.15, -0.1) is 11.3 Å². The van der Waals surface area contributed by atoms with Crippen LogP contribution in [0.25, 0.3) is 0 Å². The van der Waals surface area contributed by atoms with E-state index in [1.165, 1.54) is 23.5 Å². The lowest BCUT2D eigenvalue weighted by Crippen LogP contribution is -2.13. The number of ether oxygens (including phenoxy) is 2. The van der Waals surface area contributed by atoms with Crippen molar-refractivity contribution in [2.45, 2.75) is 11.3 Å². The van der Waals surface area contributed by atoms with Gasteiger partial charge >= 0.3 is 0 Å². The first kappa shape index (κ1) is 19.3. The summed E-state index contributed by atoms with van der Waals surface area (Å²) in [6.07, 6.45) is 0.740. The summed E-state index contributed by atoms with van der Waals surface area (Å²) in [6, 6.07) is 14.5. The molecule has 0 unspecified atom stereocenters. The van der Waals surface area contributed by atoms with Crippen LogP contribution in [0.2, 0.25) is 0 Å². The average Bonchev–Trinajstić information content (AvgIpc) is 3.15. The van der Waals surface area contributed by atoms with E-state index in [9.17, 15) is 13.2 Å². The lowest BCUT2D eigenvalue weighted by Gasteiger charge is -2.12. The lowest BCUT2D eigenvalue weighted by atomic mass is 10.3. The molecule has 0 radical (unpaired) electrons. The molecule has 1 aromatic heterocycles. The zero-order chi connectivity index (χ0) is 20.3. The number of sulfonamides is 1. The lowest BCUT2D eigenvalue weighted by molar-refractivity contribution is 0.103. The number of thiophene rings is 1. The minimum atomic E-state index is -3.80. The number of hydrogen-bond acceptors (Lipinski definition) is 6. The third-order valence-electron chi connectivity index (χ3n) is 4.17. The summed E-state index contributed by atoms with van der Waals surface area (Å²) in [6.45, 7) is 1.01. The standard InChI is InChI=1S/C20H18N2O5S2/c23-20(19-3-1-12-28-19)21-14-4-6-15(7-5-14)22-29(24,25)16-8-9-17-18(13-16)27-11-2-10-26-17/h1,3-9,12-13,22H,2,10-11H2,(H,21,23). The Labute approximate surface area is 172 Å². The molecule has 0 bridgehead atoms. The summed E-state index contributed by atoms with van der Waals surface area (Å²) in [5.41, 5.74) is 0.952. The molecule has 2 heterocycles. The molecule has 1 aliphatic rings. The van der Waals surface area contributed by atoms with Gasteiger partial charge in [-0.05, 0) is 47.8 Å². The van der Waals surface area contributed by atoms with Gasteiger partial charge in [-0.1, -0.05) is 6.07 Å². The van der Waals surface area contributed by atoms with Crippen LogP contribution < -0.4 is 19.5 Å². The minimum absolute atomic E-state index is 0.0804. The summed E-state index contributed by atoms with van der Waals surface area (Å²) in [7, 11) is -3.80. The maximum absolute atomic E-state index is 12.7. The molecule has 0 fully saturated rings. The Hall–Kier alpha value is -3.04. The van der Waals surface area contributed by atoms with Gasteiger partial charge in [0.15, 0.2) is 11.5 Å². The first-order valence-electron chi connectivity index (χ1n) is 8.89. The van der Waals surface area contributed by atoms with Gasteiger partial charge in [-0.25, -0.2) is 8.42 Å². The molecule has 0 saturated heterocycles. The van der Waals surface area contributed by atoms with Gasteiger partial charge in [0.05, 0.1) is 23.0 Å². The van der Waals surface area contributed by atoms with Gasteiger partial charge in [0, 0.05) is 23.9 Å². The Balaban J connectivity index is 1.47. The van der Waals surface area contributed by atoms with Gasteiger partial charge in [0.2, 0.25) is 0 Å². The van der Waals surface area contributed by atoms with Gasteiger partial charge in [-0.3, -0.25) is 9.52 Å². The molecular formula is C20H18N2O5S2.